The molecule has 8 heteroatoms. The molecule has 0 aliphatic heterocycles. The van der Waals surface area contributed by atoms with Crippen molar-refractivity contribution in [1.82, 2.24) is 0 Å². The maximum Gasteiger partial charge on any atom is 0.269 e. The first-order valence-corrected chi connectivity index (χ1v) is 9.97. The van der Waals surface area contributed by atoms with Crippen LogP contribution in [0.15, 0.2) is 53.4 Å². The Morgan fingerprint density at radius 2 is 1.59 bits per heavy atom. The maximum atomic E-state index is 12.6. The molecule has 0 amide bonds. The van der Waals surface area contributed by atoms with Gasteiger partial charge in [0, 0.05) is 5.75 Å². The van der Waals surface area contributed by atoms with Gasteiger partial charge >= 0.3 is 0 Å². The lowest BCUT2D eigenvalue weighted by Gasteiger charge is -2.19. The third-order valence-electron chi connectivity index (χ3n) is 2.76. The monoisotopic (exact) mass is 414 g/mol. The molecule has 0 radical (unpaired) electrons. The Kier molecular flexibility index (Phi) is 5.97. The minimum atomic E-state index is -4.00. The van der Waals surface area contributed by atoms with Crippen molar-refractivity contribution < 1.29 is 8.42 Å². The molecule has 0 N–H and O–H groups in total. The summed E-state index contributed by atoms with van der Waals surface area (Å²) in [7, 11) is -4.00. The number of alkyl halides is 2. The van der Waals surface area contributed by atoms with Gasteiger partial charge in [-0.25, -0.2) is 8.42 Å². The minimum absolute atomic E-state index is 0.0764. The van der Waals surface area contributed by atoms with Crippen molar-refractivity contribution in [2.24, 2.45) is 0 Å². The quantitative estimate of drug-likeness (QED) is 0.579. The summed E-state index contributed by atoms with van der Waals surface area (Å²) in [6.07, 6.45) is 0. The molecule has 0 bridgehead atoms. The van der Waals surface area contributed by atoms with Crippen LogP contribution < -0.4 is 0 Å². The molecule has 0 aromatic heterocycles. The fraction of sp³-hybridized carbons (Fsp3) is 0.143. The third kappa shape index (κ3) is 4.05. The first-order valence-electron chi connectivity index (χ1n) is 5.99. The van der Waals surface area contributed by atoms with Gasteiger partial charge in [0.2, 0.25) is 9.84 Å². The maximum absolute atomic E-state index is 12.6. The van der Waals surface area contributed by atoms with Gasteiger partial charge in [-0.2, -0.15) is 0 Å². The second-order valence-electron chi connectivity index (χ2n) is 4.32. The summed E-state index contributed by atoms with van der Waals surface area (Å²) in [5.41, 5.74) is 0.919. The fourth-order valence-electron chi connectivity index (χ4n) is 1.60. The molecule has 0 atom stereocenters. The Morgan fingerprint density at radius 3 is 2.18 bits per heavy atom. The van der Waals surface area contributed by atoms with Crippen LogP contribution in [0, 0.1) is 0 Å². The zero-order chi connectivity index (χ0) is 16.4. The largest absolute Gasteiger partial charge is 0.269 e. The van der Waals surface area contributed by atoms with Crippen molar-refractivity contribution in [1.29, 1.82) is 0 Å². The summed E-state index contributed by atoms with van der Waals surface area (Å²) < 4.78 is 23.1. The third-order valence-corrected chi connectivity index (χ3v) is 8.70. The van der Waals surface area contributed by atoms with Gasteiger partial charge in [-0.1, -0.05) is 76.7 Å². The van der Waals surface area contributed by atoms with Crippen LogP contribution in [0.3, 0.4) is 0 Å². The molecule has 0 aliphatic rings. The molecule has 118 valence electrons. The van der Waals surface area contributed by atoms with E-state index in [0.29, 0.717) is 5.75 Å². The van der Waals surface area contributed by atoms with E-state index in [1.54, 1.807) is 0 Å². The van der Waals surface area contributed by atoms with E-state index in [1.807, 2.05) is 30.3 Å². The Hall–Kier alpha value is -0.100. The number of benzene rings is 2. The van der Waals surface area contributed by atoms with Crippen LogP contribution in [0.1, 0.15) is 5.56 Å². The average Bonchev–Trinajstić information content (AvgIpc) is 2.49. The fourth-order valence-corrected chi connectivity index (χ4v) is 5.23. The Bertz CT molecular complexity index is 762. The van der Waals surface area contributed by atoms with E-state index in [2.05, 4.69) is 0 Å². The lowest BCUT2D eigenvalue weighted by atomic mass is 10.2. The standard InChI is InChI=1S/C14H10Cl4O2S2/c15-12-7-6-11(8-13(12)16)22(19,20)14(17,18)21-9-10-4-2-1-3-5-10/h1-8H,9H2. The first kappa shape index (κ1) is 18.2. The van der Waals surface area contributed by atoms with E-state index in [1.165, 1.54) is 18.2 Å². The molecule has 0 heterocycles. The summed E-state index contributed by atoms with van der Waals surface area (Å²) in [4.78, 5) is -0.0764. The number of hydrogen-bond donors (Lipinski definition) is 0. The van der Waals surface area contributed by atoms with Crippen LogP contribution in [0.25, 0.3) is 0 Å². The summed E-state index contributed by atoms with van der Waals surface area (Å²) in [6, 6.07) is 13.3. The molecule has 22 heavy (non-hydrogen) atoms. The van der Waals surface area contributed by atoms with E-state index in [0.717, 1.165) is 17.3 Å². The van der Waals surface area contributed by atoms with E-state index >= 15 is 0 Å². The number of thioether (sulfide) groups is 1. The van der Waals surface area contributed by atoms with Gasteiger partial charge in [0.25, 0.3) is 3.00 Å². The predicted molar refractivity (Wildman–Crippen MR) is 95.8 cm³/mol. The Labute approximate surface area is 153 Å². The summed E-state index contributed by atoms with van der Waals surface area (Å²) in [6.45, 7) is 0. The highest BCUT2D eigenvalue weighted by Gasteiger charge is 2.42. The van der Waals surface area contributed by atoms with Crippen LogP contribution in [0.5, 0.6) is 0 Å². The molecule has 0 spiro atoms. The van der Waals surface area contributed by atoms with Crippen LogP contribution in [-0.4, -0.2) is 11.4 Å². The molecule has 2 aromatic rings. The number of sulfone groups is 1. The highest BCUT2D eigenvalue weighted by atomic mass is 35.5. The van der Waals surface area contributed by atoms with Gasteiger partial charge in [-0.3, -0.25) is 0 Å². The second-order valence-corrected chi connectivity index (χ2v) is 10.9. The van der Waals surface area contributed by atoms with Crippen LogP contribution in [0.4, 0.5) is 0 Å². The van der Waals surface area contributed by atoms with Gasteiger partial charge < -0.3 is 0 Å². The molecular weight excluding hydrogens is 406 g/mol. The zero-order valence-electron chi connectivity index (χ0n) is 11.0. The first-order chi connectivity index (χ1) is 10.2. The molecule has 2 nitrogen and oxygen atoms in total. The number of hydrogen-bond acceptors (Lipinski definition) is 3. The molecule has 0 fully saturated rings. The highest BCUT2D eigenvalue weighted by molar-refractivity contribution is 8.18. The van der Waals surface area contributed by atoms with Gasteiger partial charge in [0.05, 0.1) is 14.9 Å². The van der Waals surface area contributed by atoms with E-state index < -0.39 is 12.8 Å². The van der Waals surface area contributed by atoms with Crippen molar-refractivity contribution in [3.05, 3.63) is 64.1 Å². The Morgan fingerprint density at radius 1 is 0.955 bits per heavy atom. The van der Waals surface area contributed by atoms with Crippen molar-refractivity contribution in [2.75, 3.05) is 0 Å². The summed E-state index contributed by atoms with van der Waals surface area (Å²) in [5.74, 6) is 0.356. The highest BCUT2D eigenvalue weighted by Crippen LogP contribution is 2.45. The SMILES string of the molecule is O=S(=O)(c1ccc(Cl)c(Cl)c1)C(Cl)(Cl)SCc1ccccc1. The Balaban J connectivity index is 2.24. The molecular formula is C14H10Cl4O2S2. The van der Waals surface area contributed by atoms with Crippen molar-refractivity contribution in [2.45, 2.75) is 13.6 Å². The topological polar surface area (TPSA) is 34.1 Å². The average molecular weight is 416 g/mol. The van der Waals surface area contributed by atoms with Crippen LogP contribution >= 0.6 is 58.2 Å². The molecule has 2 rings (SSSR count). The van der Waals surface area contributed by atoms with E-state index in [-0.39, 0.29) is 14.9 Å². The second kappa shape index (κ2) is 7.20. The normalized spacial score (nSPS) is 12.4. The molecule has 0 aliphatic carbocycles. The van der Waals surface area contributed by atoms with E-state index in [9.17, 15) is 8.42 Å². The zero-order valence-corrected chi connectivity index (χ0v) is 15.6. The van der Waals surface area contributed by atoms with Gasteiger partial charge in [-0.15, -0.1) is 11.8 Å². The molecule has 0 saturated carbocycles. The summed E-state index contributed by atoms with van der Waals surface area (Å²) >= 11 is 24.7. The van der Waals surface area contributed by atoms with Gasteiger partial charge in [0.1, 0.15) is 0 Å². The van der Waals surface area contributed by atoms with Crippen LogP contribution in [0.2, 0.25) is 10.0 Å². The number of halogens is 4. The van der Waals surface area contributed by atoms with Crippen molar-refractivity contribution in [3.8, 4) is 0 Å². The van der Waals surface area contributed by atoms with Gasteiger partial charge in [0.15, 0.2) is 0 Å². The molecule has 0 saturated heterocycles. The molecule has 0 unspecified atom stereocenters. The number of rotatable bonds is 5. The van der Waals surface area contributed by atoms with Gasteiger partial charge in [-0.05, 0) is 23.8 Å². The predicted octanol–water partition coefficient (Wildman–Crippen LogP) is 5.79. The smallest absolute Gasteiger partial charge is 0.220 e. The lowest BCUT2D eigenvalue weighted by Crippen LogP contribution is -2.23. The summed E-state index contributed by atoms with van der Waals surface area (Å²) in [5, 5.41) is 0.382. The molecule has 2 aromatic carbocycles. The van der Waals surface area contributed by atoms with Crippen LogP contribution in [-0.2, 0) is 15.6 Å². The van der Waals surface area contributed by atoms with Crippen molar-refractivity contribution in [3.63, 3.8) is 0 Å². The minimum Gasteiger partial charge on any atom is -0.220 e. The van der Waals surface area contributed by atoms with Crippen molar-refractivity contribution >= 4 is 68.0 Å². The van der Waals surface area contributed by atoms with E-state index in [4.69, 9.17) is 46.4 Å². The lowest BCUT2D eigenvalue weighted by molar-refractivity contribution is 0.597.